The van der Waals surface area contributed by atoms with Gasteiger partial charge in [-0.15, -0.1) is 0 Å². The molecule has 1 heterocycles. The lowest BCUT2D eigenvalue weighted by Crippen LogP contribution is -1.92. The highest BCUT2D eigenvalue weighted by molar-refractivity contribution is 5.79. The summed E-state index contributed by atoms with van der Waals surface area (Å²) in [6, 6.07) is 4.69. The van der Waals surface area contributed by atoms with E-state index in [0.29, 0.717) is 16.9 Å². The Morgan fingerprint density at radius 1 is 1.47 bits per heavy atom. The van der Waals surface area contributed by atoms with Gasteiger partial charge in [-0.1, -0.05) is 5.16 Å². The molecule has 0 atom stereocenters. The number of anilines is 1. The van der Waals surface area contributed by atoms with Crippen LogP contribution in [0.2, 0.25) is 0 Å². The van der Waals surface area contributed by atoms with Crippen molar-refractivity contribution in [2.24, 2.45) is 0 Å². The largest absolute Gasteiger partial charge is 0.506 e. The summed E-state index contributed by atoms with van der Waals surface area (Å²) in [5.41, 5.74) is 6.78. The Kier molecular flexibility index (Phi) is 2.58. The van der Waals surface area contributed by atoms with E-state index >= 15 is 0 Å². The summed E-state index contributed by atoms with van der Waals surface area (Å²) in [5, 5.41) is 21.9. The van der Waals surface area contributed by atoms with Gasteiger partial charge >= 0.3 is 0 Å². The number of phenols is 1. The van der Waals surface area contributed by atoms with Crippen molar-refractivity contribution in [3.05, 3.63) is 23.9 Å². The molecule has 0 amide bonds. The maximum atomic E-state index is 9.54. The number of hydrogen-bond donors (Lipinski definition) is 2. The minimum Gasteiger partial charge on any atom is -0.506 e. The second-order valence-electron chi connectivity index (χ2n) is 3.29. The standard InChI is InChI=1S/C11H9N3O3/c1-16-10-3-9(15)6(4-12)2-7(10)8-5-14-17-11(8)13/h2-3,5,15H,13H2,1H3. The number of phenolic OH excluding ortho intramolecular Hbond substituents is 1. The molecule has 1 aromatic carbocycles. The fraction of sp³-hybridized carbons (Fsp3) is 0.0909. The third kappa shape index (κ3) is 1.74. The summed E-state index contributed by atoms with van der Waals surface area (Å²) >= 11 is 0. The molecule has 0 aliphatic rings. The lowest BCUT2D eigenvalue weighted by molar-refractivity contribution is 0.409. The normalized spacial score (nSPS) is 9.88. The molecule has 0 fully saturated rings. The Labute approximate surface area is 96.8 Å². The number of methoxy groups -OCH3 is 1. The van der Waals surface area contributed by atoms with Crippen LogP contribution in [0.3, 0.4) is 0 Å². The number of hydrogen-bond acceptors (Lipinski definition) is 6. The molecule has 2 aromatic rings. The zero-order valence-corrected chi connectivity index (χ0v) is 8.97. The lowest BCUT2D eigenvalue weighted by Gasteiger charge is -2.08. The molecule has 86 valence electrons. The Balaban J connectivity index is 2.69. The fourth-order valence-corrected chi connectivity index (χ4v) is 1.49. The van der Waals surface area contributed by atoms with Crippen LogP contribution in [-0.2, 0) is 0 Å². The Bertz CT molecular complexity index is 598. The second-order valence-corrected chi connectivity index (χ2v) is 3.29. The zero-order valence-electron chi connectivity index (χ0n) is 8.97. The van der Waals surface area contributed by atoms with Crippen LogP contribution in [-0.4, -0.2) is 17.4 Å². The number of nitrogen functional groups attached to an aromatic ring is 1. The summed E-state index contributed by atoms with van der Waals surface area (Å²) in [6.07, 6.45) is 1.42. The van der Waals surface area contributed by atoms with Gasteiger partial charge in [0, 0.05) is 11.6 Å². The van der Waals surface area contributed by atoms with Crippen molar-refractivity contribution in [1.82, 2.24) is 5.16 Å². The molecule has 6 nitrogen and oxygen atoms in total. The van der Waals surface area contributed by atoms with Gasteiger partial charge in [0.2, 0.25) is 5.88 Å². The summed E-state index contributed by atoms with van der Waals surface area (Å²) in [6.45, 7) is 0. The lowest BCUT2D eigenvalue weighted by atomic mass is 10.0. The van der Waals surface area contributed by atoms with Gasteiger partial charge in [0.1, 0.15) is 17.6 Å². The van der Waals surface area contributed by atoms with Crippen molar-refractivity contribution in [3.8, 4) is 28.7 Å². The van der Waals surface area contributed by atoms with E-state index in [2.05, 4.69) is 5.16 Å². The molecule has 17 heavy (non-hydrogen) atoms. The van der Waals surface area contributed by atoms with Crippen LogP contribution in [0.5, 0.6) is 11.5 Å². The zero-order chi connectivity index (χ0) is 12.4. The number of ether oxygens (including phenoxy) is 1. The van der Waals surface area contributed by atoms with E-state index in [1.165, 1.54) is 25.4 Å². The third-order valence-electron chi connectivity index (χ3n) is 2.33. The van der Waals surface area contributed by atoms with Gasteiger partial charge in [0.15, 0.2) is 0 Å². The first-order valence-corrected chi connectivity index (χ1v) is 4.69. The number of nitriles is 1. The number of rotatable bonds is 2. The van der Waals surface area contributed by atoms with E-state index in [4.69, 9.17) is 20.3 Å². The van der Waals surface area contributed by atoms with Crippen LogP contribution in [0.15, 0.2) is 22.9 Å². The topological polar surface area (TPSA) is 105 Å². The van der Waals surface area contributed by atoms with E-state index in [1.54, 1.807) is 0 Å². The maximum Gasteiger partial charge on any atom is 0.230 e. The Morgan fingerprint density at radius 3 is 2.76 bits per heavy atom. The SMILES string of the molecule is COc1cc(O)c(C#N)cc1-c1cnoc1N. The minimum atomic E-state index is -0.150. The quantitative estimate of drug-likeness (QED) is 0.811. The predicted molar refractivity (Wildman–Crippen MR) is 59.3 cm³/mol. The minimum absolute atomic E-state index is 0.123. The average molecular weight is 231 g/mol. The predicted octanol–water partition coefficient (Wildman–Crippen LogP) is 1.51. The second kappa shape index (κ2) is 4.06. The molecule has 2 rings (SSSR count). The first-order chi connectivity index (χ1) is 8.17. The highest BCUT2D eigenvalue weighted by atomic mass is 16.5. The molecule has 3 N–H and O–H groups in total. The van der Waals surface area contributed by atoms with Crippen molar-refractivity contribution in [3.63, 3.8) is 0 Å². The molecular formula is C11H9N3O3. The number of nitrogens with zero attached hydrogens (tertiary/aromatic N) is 2. The van der Waals surface area contributed by atoms with Gasteiger partial charge in [-0.2, -0.15) is 5.26 Å². The summed E-state index contributed by atoms with van der Waals surface area (Å²) < 4.78 is 9.86. The summed E-state index contributed by atoms with van der Waals surface area (Å²) in [5.74, 6) is 0.359. The molecule has 0 aliphatic heterocycles. The van der Waals surface area contributed by atoms with Crippen molar-refractivity contribution < 1.29 is 14.4 Å². The molecule has 0 aliphatic carbocycles. The number of nitrogens with two attached hydrogens (primary N) is 1. The van der Waals surface area contributed by atoms with Crippen LogP contribution in [0, 0.1) is 11.3 Å². The van der Waals surface area contributed by atoms with Gasteiger partial charge < -0.3 is 20.1 Å². The monoisotopic (exact) mass is 231 g/mol. The van der Waals surface area contributed by atoms with E-state index in [-0.39, 0.29) is 17.2 Å². The van der Waals surface area contributed by atoms with E-state index < -0.39 is 0 Å². The molecule has 0 saturated carbocycles. The van der Waals surface area contributed by atoms with Crippen molar-refractivity contribution in [2.45, 2.75) is 0 Å². The number of aromatic hydroxyl groups is 1. The van der Waals surface area contributed by atoms with Crippen molar-refractivity contribution in [2.75, 3.05) is 12.8 Å². The third-order valence-corrected chi connectivity index (χ3v) is 2.33. The number of aromatic nitrogens is 1. The van der Waals surface area contributed by atoms with Crippen LogP contribution in [0.25, 0.3) is 11.1 Å². The van der Waals surface area contributed by atoms with Crippen LogP contribution in [0.4, 0.5) is 5.88 Å². The molecular weight excluding hydrogens is 222 g/mol. The van der Waals surface area contributed by atoms with E-state index in [0.717, 1.165) is 0 Å². The van der Waals surface area contributed by atoms with Gasteiger partial charge in [-0.3, -0.25) is 0 Å². The van der Waals surface area contributed by atoms with Gasteiger partial charge in [-0.25, -0.2) is 0 Å². The first kappa shape index (κ1) is 10.8. The summed E-state index contributed by atoms with van der Waals surface area (Å²) in [4.78, 5) is 0. The van der Waals surface area contributed by atoms with Crippen molar-refractivity contribution >= 4 is 5.88 Å². The fourth-order valence-electron chi connectivity index (χ4n) is 1.49. The Hall–Kier alpha value is -2.68. The molecule has 6 heteroatoms. The molecule has 1 aromatic heterocycles. The van der Waals surface area contributed by atoms with Gasteiger partial charge in [-0.05, 0) is 6.07 Å². The van der Waals surface area contributed by atoms with E-state index in [9.17, 15) is 5.11 Å². The van der Waals surface area contributed by atoms with Crippen molar-refractivity contribution in [1.29, 1.82) is 5.26 Å². The average Bonchev–Trinajstić information content (AvgIpc) is 2.75. The molecule has 0 radical (unpaired) electrons. The highest BCUT2D eigenvalue weighted by Gasteiger charge is 2.16. The van der Waals surface area contributed by atoms with Gasteiger partial charge in [0.25, 0.3) is 0 Å². The highest BCUT2D eigenvalue weighted by Crippen LogP contribution is 2.37. The van der Waals surface area contributed by atoms with Crippen LogP contribution in [0.1, 0.15) is 5.56 Å². The maximum absolute atomic E-state index is 9.54. The first-order valence-electron chi connectivity index (χ1n) is 4.69. The molecule has 0 spiro atoms. The molecule has 0 unspecified atom stereocenters. The Morgan fingerprint density at radius 2 is 2.24 bits per heavy atom. The molecule has 0 saturated heterocycles. The van der Waals surface area contributed by atoms with Gasteiger partial charge in [0.05, 0.1) is 24.4 Å². The van der Waals surface area contributed by atoms with E-state index in [1.807, 2.05) is 6.07 Å². The summed E-state index contributed by atoms with van der Waals surface area (Å²) in [7, 11) is 1.45. The smallest absolute Gasteiger partial charge is 0.230 e. The number of benzene rings is 1. The van der Waals surface area contributed by atoms with Crippen LogP contribution < -0.4 is 10.5 Å². The van der Waals surface area contributed by atoms with Crippen LogP contribution >= 0.6 is 0 Å². The molecule has 0 bridgehead atoms.